The molecule has 1 saturated carbocycles. The molecule has 158 valence electrons. The standard InChI is InChI=1S/C21H22ClN3O3S2/c1-13-17(22)11-12-18-19(13)23-21(29-18)24-20(26)14-7-9-16(10-8-14)30(27,28)25(2)15-5-3-4-6-15/h7-12,15H,3-6H2,1-2H3,(H,23,24,26). The molecule has 1 heterocycles. The van der Waals surface area contributed by atoms with Crippen LogP contribution in [0.4, 0.5) is 5.13 Å². The summed E-state index contributed by atoms with van der Waals surface area (Å²) in [4.78, 5) is 17.3. The summed E-state index contributed by atoms with van der Waals surface area (Å²) >= 11 is 7.50. The molecule has 0 unspecified atom stereocenters. The van der Waals surface area contributed by atoms with Crippen molar-refractivity contribution in [2.75, 3.05) is 12.4 Å². The summed E-state index contributed by atoms with van der Waals surface area (Å²) < 4.78 is 28.1. The van der Waals surface area contributed by atoms with E-state index in [9.17, 15) is 13.2 Å². The second kappa shape index (κ2) is 8.26. The molecule has 0 atom stereocenters. The van der Waals surface area contributed by atoms with Crippen LogP contribution in [0.3, 0.4) is 0 Å². The van der Waals surface area contributed by atoms with Gasteiger partial charge in [0.15, 0.2) is 5.13 Å². The number of fused-ring (bicyclic) bond motifs is 1. The minimum Gasteiger partial charge on any atom is -0.298 e. The first-order valence-corrected chi connectivity index (χ1v) is 12.4. The number of rotatable bonds is 5. The normalized spacial score (nSPS) is 15.2. The van der Waals surface area contributed by atoms with Crippen molar-refractivity contribution < 1.29 is 13.2 Å². The lowest BCUT2D eigenvalue weighted by atomic mass is 10.2. The molecule has 1 amide bonds. The number of carbonyl (C=O) groups excluding carboxylic acids is 1. The molecule has 30 heavy (non-hydrogen) atoms. The van der Waals surface area contributed by atoms with E-state index in [4.69, 9.17) is 11.6 Å². The van der Waals surface area contributed by atoms with E-state index in [-0.39, 0.29) is 16.8 Å². The highest BCUT2D eigenvalue weighted by atomic mass is 35.5. The maximum atomic E-state index is 12.9. The summed E-state index contributed by atoms with van der Waals surface area (Å²) in [6, 6.07) is 9.76. The van der Waals surface area contributed by atoms with E-state index < -0.39 is 10.0 Å². The molecule has 6 nitrogen and oxygen atoms in total. The predicted molar refractivity (Wildman–Crippen MR) is 121 cm³/mol. The fraction of sp³-hybridized carbons (Fsp3) is 0.333. The topological polar surface area (TPSA) is 79.4 Å². The lowest BCUT2D eigenvalue weighted by molar-refractivity contribution is 0.102. The number of aryl methyl sites for hydroxylation is 1. The number of hydrogen-bond acceptors (Lipinski definition) is 5. The van der Waals surface area contributed by atoms with Crippen molar-refractivity contribution in [2.24, 2.45) is 0 Å². The number of nitrogens with zero attached hydrogens (tertiary/aromatic N) is 2. The molecular formula is C21H22ClN3O3S2. The molecular weight excluding hydrogens is 442 g/mol. The average Bonchev–Trinajstić information content (AvgIpc) is 3.40. The summed E-state index contributed by atoms with van der Waals surface area (Å²) in [5.41, 5.74) is 2.00. The molecule has 4 rings (SSSR count). The quantitative estimate of drug-likeness (QED) is 0.572. The SMILES string of the molecule is Cc1c(Cl)ccc2sc(NC(=O)c3ccc(S(=O)(=O)N(C)C4CCCC4)cc3)nc12. The van der Waals surface area contributed by atoms with Crippen LogP contribution in [0, 0.1) is 6.92 Å². The minimum atomic E-state index is -3.57. The van der Waals surface area contributed by atoms with Crippen LogP contribution in [0.2, 0.25) is 5.02 Å². The Hall–Kier alpha value is -2.00. The van der Waals surface area contributed by atoms with E-state index >= 15 is 0 Å². The molecule has 1 fully saturated rings. The van der Waals surface area contributed by atoms with Crippen molar-refractivity contribution in [3.63, 3.8) is 0 Å². The third-order valence-electron chi connectivity index (χ3n) is 5.60. The summed E-state index contributed by atoms with van der Waals surface area (Å²) in [6.45, 7) is 1.89. The average molecular weight is 464 g/mol. The molecule has 3 aromatic rings. The maximum absolute atomic E-state index is 12.9. The molecule has 9 heteroatoms. The van der Waals surface area contributed by atoms with Crippen molar-refractivity contribution in [3.8, 4) is 0 Å². The van der Waals surface area contributed by atoms with Gasteiger partial charge in [0.1, 0.15) is 0 Å². The highest BCUT2D eigenvalue weighted by Gasteiger charge is 2.30. The fourth-order valence-corrected chi connectivity index (χ4v) is 6.22. The Bertz CT molecular complexity index is 1200. The number of carbonyl (C=O) groups is 1. The van der Waals surface area contributed by atoms with Crippen LogP contribution < -0.4 is 5.32 Å². The van der Waals surface area contributed by atoms with Gasteiger partial charge < -0.3 is 0 Å². The predicted octanol–water partition coefficient (Wildman–Crippen LogP) is 5.07. The molecule has 0 spiro atoms. The smallest absolute Gasteiger partial charge is 0.257 e. The van der Waals surface area contributed by atoms with Gasteiger partial charge in [-0.15, -0.1) is 0 Å². The number of anilines is 1. The van der Waals surface area contributed by atoms with Gasteiger partial charge in [-0.05, 0) is 61.7 Å². The Kier molecular flexibility index (Phi) is 5.85. The highest BCUT2D eigenvalue weighted by Crippen LogP contribution is 2.32. The van der Waals surface area contributed by atoms with Crippen LogP contribution >= 0.6 is 22.9 Å². The molecule has 1 aromatic heterocycles. The van der Waals surface area contributed by atoms with Crippen molar-refractivity contribution >= 4 is 54.2 Å². The van der Waals surface area contributed by atoms with Gasteiger partial charge in [0, 0.05) is 23.7 Å². The number of halogens is 1. The summed E-state index contributed by atoms with van der Waals surface area (Å²) in [5.74, 6) is -0.342. The molecule has 1 aliphatic rings. The van der Waals surface area contributed by atoms with E-state index in [0.717, 1.165) is 41.5 Å². The number of sulfonamides is 1. The van der Waals surface area contributed by atoms with Gasteiger partial charge in [-0.1, -0.05) is 35.8 Å². The van der Waals surface area contributed by atoms with Crippen LogP contribution in [-0.2, 0) is 10.0 Å². The van der Waals surface area contributed by atoms with E-state index in [1.54, 1.807) is 7.05 Å². The van der Waals surface area contributed by atoms with E-state index in [2.05, 4.69) is 10.3 Å². The van der Waals surface area contributed by atoms with Crippen LogP contribution in [-0.4, -0.2) is 36.7 Å². The Labute approximate surface area is 184 Å². The zero-order chi connectivity index (χ0) is 21.5. The van der Waals surface area contributed by atoms with Gasteiger partial charge in [0.25, 0.3) is 5.91 Å². The fourth-order valence-electron chi connectivity index (χ4n) is 3.73. The maximum Gasteiger partial charge on any atom is 0.257 e. The van der Waals surface area contributed by atoms with E-state index in [1.807, 2.05) is 19.1 Å². The summed E-state index contributed by atoms with van der Waals surface area (Å²) in [6.07, 6.45) is 3.90. The Morgan fingerprint density at radius 2 is 1.83 bits per heavy atom. The summed E-state index contributed by atoms with van der Waals surface area (Å²) in [7, 11) is -1.94. The number of nitrogens with one attached hydrogen (secondary N) is 1. The first-order valence-electron chi connectivity index (χ1n) is 9.72. The monoisotopic (exact) mass is 463 g/mol. The van der Waals surface area contributed by atoms with Crippen molar-refractivity contribution in [2.45, 2.75) is 43.5 Å². The minimum absolute atomic E-state index is 0.0500. The zero-order valence-electron chi connectivity index (χ0n) is 16.7. The Morgan fingerprint density at radius 3 is 2.50 bits per heavy atom. The van der Waals surface area contributed by atoms with Gasteiger partial charge >= 0.3 is 0 Å². The van der Waals surface area contributed by atoms with Crippen LogP contribution in [0.25, 0.3) is 10.2 Å². The Balaban J connectivity index is 1.51. The second-order valence-electron chi connectivity index (χ2n) is 7.48. The molecule has 0 radical (unpaired) electrons. The second-order valence-corrected chi connectivity index (χ2v) is 10.9. The number of benzene rings is 2. The largest absolute Gasteiger partial charge is 0.298 e. The van der Waals surface area contributed by atoms with Crippen molar-refractivity contribution in [1.82, 2.24) is 9.29 Å². The zero-order valence-corrected chi connectivity index (χ0v) is 19.1. The van der Waals surface area contributed by atoms with Gasteiger partial charge in [-0.25, -0.2) is 13.4 Å². The third-order valence-corrected chi connectivity index (χ3v) is 8.87. The Morgan fingerprint density at radius 1 is 1.17 bits per heavy atom. The van der Waals surface area contributed by atoms with E-state index in [0.29, 0.717) is 15.7 Å². The van der Waals surface area contributed by atoms with Crippen LogP contribution in [0.15, 0.2) is 41.3 Å². The van der Waals surface area contributed by atoms with Crippen molar-refractivity contribution in [1.29, 1.82) is 0 Å². The van der Waals surface area contributed by atoms with Gasteiger partial charge in [-0.3, -0.25) is 10.1 Å². The summed E-state index contributed by atoms with van der Waals surface area (Å²) in [5, 5.41) is 3.89. The molecule has 1 aliphatic carbocycles. The van der Waals surface area contributed by atoms with Crippen molar-refractivity contribution in [3.05, 3.63) is 52.5 Å². The number of hydrogen-bond donors (Lipinski definition) is 1. The lowest BCUT2D eigenvalue weighted by Gasteiger charge is -2.23. The lowest BCUT2D eigenvalue weighted by Crippen LogP contribution is -2.35. The first-order chi connectivity index (χ1) is 14.3. The molecule has 2 aromatic carbocycles. The molecule has 0 bridgehead atoms. The molecule has 1 N–H and O–H groups in total. The van der Waals surface area contributed by atoms with Gasteiger partial charge in [-0.2, -0.15) is 4.31 Å². The number of aromatic nitrogens is 1. The van der Waals surface area contributed by atoms with Crippen LogP contribution in [0.1, 0.15) is 41.6 Å². The van der Waals surface area contributed by atoms with E-state index in [1.165, 1.54) is 39.9 Å². The number of amides is 1. The third kappa shape index (κ3) is 3.97. The highest BCUT2D eigenvalue weighted by molar-refractivity contribution is 7.89. The van der Waals surface area contributed by atoms with Crippen LogP contribution in [0.5, 0.6) is 0 Å². The first kappa shape index (κ1) is 21.2. The molecule has 0 saturated heterocycles. The number of thiazole rings is 1. The van der Waals surface area contributed by atoms with Gasteiger partial charge in [0.05, 0.1) is 15.1 Å². The molecule has 0 aliphatic heterocycles. The van der Waals surface area contributed by atoms with Gasteiger partial charge in [0.2, 0.25) is 10.0 Å².